The van der Waals surface area contributed by atoms with E-state index in [0.717, 1.165) is 5.56 Å². The highest BCUT2D eigenvalue weighted by Crippen LogP contribution is 2.06. The van der Waals surface area contributed by atoms with E-state index in [1.165, 1.54) is 6.26 Å². The number of aromatic nitrogens is 1. The van der Waals surface area contributed by atoms with Crippen molar-refractivity contribution in [3.8, 4) is 0 Å². The quantitative estimate of drug-likeness (QED) is 0.804. The van der Waals surface area contributed by atoms with E-state index < -0.39 is 0 Å². The molecule has 0 aliphatic carbocycles. The van der Waals surface area contributed by atoms with Crippen LogP contribution in [0.15, 0.2) is 47.3 Å². The van der Waals surface area contributed by atoms with Gasteiger partial charge < -0.3 is 9.73 Å². The summed E-state index contributed by atoms with van der Waals surface area (Å²) in [7, 11) is 0. The maximum atomic E-state index is 11.6. The lowest BCUT2D eigenvalue weighted by Gasteiger charge is -2.04. The first-order valence-electron chi connectivity index (χ1n) is 5.98. The number of rotatable bonds is 6. The van der Waals surface area contributed by atoms with E-state index in [0.29, 0.717) is 12.3 Å². The molecular weight excluding hydrogens is 244 g/mol. The largest absolute Gasteiger partial charge is 0.461 e. The van der Waals surface area contributed by atoms with Crippen molar-refractivity contribution in [2.45, 2.75) is 19.4 Å². The van der Waals surface area contributed by atoms with Gasteiger partial charge >= 0.3 is 0 Å². The smallest absolute Gasteiger partial charge is 0.220 e. The summed E-state index contributed by atoms with van der Waals surface area (Å²) in [5.74, 6) is -0.0253. The maximum absolute atomic E-state index is 11.6. The second-order valence-electron chi connectivity index (χ2n) is 4.03. The Hall–Kier alpha value is -2.43. The minimum absolute atomic E-state index is 0.149. The van der Waals surface area contributed by atoms with E-state index in [1.807, 2.05) is 12.1 Å². The topological polar surface area (TPSA) is 72.2 Å². The Labute approximate surface area is 110 Å². The minimum Gasteiger partial charge on any atom is -0.461 e. The average Bonchev–Trinajstić information content (AvgIpc) is 2.98. The summed E-state index contributed by atoms with van der Waals surface area (Å²) in [6.45, 7) is 0.441. The lowest BCUT2D eigenvalue weighted by atomic mass is 10.1. The van der Waals surface area contributed by atoms with E-state index >= 15 is 0 Å². The normalized spacial score (nSPS) is 10.1. The first kappa shape index (κ1) is 13.0. The predicted molar refractivity (Wildman–Crippen MR) is 68.4 cm³/mol. The monoisotopic (exact) mass is 258 g/mol. The summed E-state index contributed by atoms with van der Waals surface area (Å²) in [6, 6.07) is 6.90. The van der Waals surface area contributed by atoms with E-state index in [1.54, 1.807) is 24.5 Å². The zero-order valence-electron chi connectivity index (χ0n) is 10.3. The molecule has 98 valence electrons. The highest BCUT2D eigenvalue weighted by atomic mass is 16.3. The molecule has 1 N–H and O–H groups in total. The summed E-state index contributed by atoms with van der Waals surface area (Å²) in [4.78, 5) is 27.1. The van der Waals surface area contributed by atoms with Crippen molar-refractivity contribution in [2.75, 3.05) is 0 Å². The van der Waals surface area contributed by atoms with Crippen molar-refractivity contribution in [1.82, 2.24) is 10.3 Å². The molecular formula is C14H14N2O3. The number of carbonyl (C=O) groups excluding carboxylic acids is 2. The number of nitrogens with one attached hydrogen (secondary N) is 1. The van der Waals surface area contributed by atoms with Crippen molar-refractivity contribution in [2.24, 2.45) is 0 Å². The van der Waals surface area contributed by atoms with Gasteiger partial charge in [0.1, 0.15) is 0 Å². The fraction of sp³-hybridized carbons (Fsp3) is 0.214. The summed E-state index contributed by atoms with van der Waals surface area (Å²) in [5, 5.41) is 2.75. The van der Waals surface area contributed by atoms with Crippen LogP contribution in [-0.2, 0) is 11.3 Å². The molecule has 2 aromatic heterocycles. The number of carbonyl (C=O) groups is 2. The van der Waals surface area contributed by atoms with Crippen LogP contribution in [0, 0.1) is 0 Å². The third-order valence-electron chi connectivity index (χ3n) is 2.61. The van der Waals surface area contributed by atoms with Crippen LogP contribution in [0.25, 0.3) is 0 Å². The van der Waals surface area contributed by atoms with Gasteiger partial charge in [0.25, 0.3) is 0 Å². The van der Waals surface area contributed by atoms with Crippen LogP contribution in [0.2, 0.25) is 0 Å². The Morgan fingerprint density at radius 1 is 1.16 bits per heavy atom. The van der Waals surface area contributed by atoms with Crippen molar-refractivity contribution < 1.29 is 14.0 Å². The molecule has 0 aromatic carbocycles. The van der Waals surface area contributed by atoms with Crippen LogP contribution in [0.3, 0.4) is 0 Å². The van der Waals surface area contributed by atoms with Crippen LogP contribution < -0.4 is 5.32 Å². The molecule has 2 heterocycles. The molecule has 2 aromatic rings. The number of amides is 1. The number of ketones is 1. The molecule has 0 fully saturated rings. The van der Waals surface area contributed by atoms with Crippen molar-refractivity contribution >= 4 is 11.7 Å². The van der Waals surface area contributed by atoms with E-state index in [-0.39, 0.29) is 24.5 Å². The van der Waals surface area contributed by atoms with Gasteiger partial charge in [-0.1, -0.05) is 0 Å². The van der Waals surface area contributed by atoms with Crippen LogP contribution >= 0.6 is 0 Å². The van der Waals surface area contributed by atoms with Crippen LogP contribution in [0.5, 0.6) is 0 Å². The SMILES string of the molecule is O=C(CCC(=O)c1ccco1)NCc1ccncc1. The lowest BCUT2D eigenvalue weighted by molar-refractivity contribution is -0.121. The molecule has 0 unspecified atom stereocenters. The van der Waals surface area contributed by atoms with E-state index in [9.17, 15) is 9.59 Å². The molecule has 0 bridgehead atoms. The van der Waals surface area contributed by atoms with Gasteiger partial charge in [-0.05, 0) is 29.8 Å². The molecule has 0 saturated carbocycles. The molecule has 0 spiro atoms. The fourth-order valence-electron chi connectivity index (χ4n) is 1.58. The minimum atomic E-state index is -0.163. The van der Waals surface area contributed by atoms with Crippen molar-refractivity contribution in [1.29, 1.82) is 0 Å². The maximum Gasteiger partial charge on any atom is 0.220 e. The molecule has 19 heavy (non-hydrogen) atoms. The standard InChI is InChI=1S/C14H14N2O3/c17-12(13-2-1-9-19-13)3-4-14(18)16-10-11-5-7-15-8-6-11/h1-2,5-9H,3-4,10H2,(H,16,18). The number of nitrogens with zero attached hydrogens (tertiary/aromatic N) is 1. The molecule has 1 amide bonds. The number of Topliss-reactive ketones (excluding diaryl/α,β-unsaturated/α-hetero) is 1. The van der Waals surface area contributed by atoms with Gasteiger partial charge in [-0.25, -0.2) is 0 Å². The third kappa shape index (κ3) is 4.06. The Morgan fingerprint density at radius 2 is 1.95 bits per heavy atom. The molecule has 0 atom stereocenters. The second kappa shape index (κ2) is 6.49. The molecule has 5 heteroatoms. The predicted octanol–water partition coefficient (Wildman–Crippen LogP) is 1.95. The fourth-order valence-corrected chi connectivity index (χ4v) is 1.58. The van der Waals surface area contributed by atoms with Gasteiger partial charge in [-0.2, -0.15) is 0 Å². The van der Waals surface area contributed by atoms with Gasteiger partial charge in [0.05, 0.1) is 6.26 Å². The van der Waals surface area contributed by atoms with Gasteiger partial charge in [0, 0.05) is 31.8 Å². The lowest BCUT2D eigenvalue weighted by Crippen LogP contribution is -2.23. The number of pyridine rings is 1. The Bertz CT molecular complexity index is 535. The second-order valence-corrected chi connectivity index (χ2v) is 4.03. The van der Waals surface area contributed by atoms with Crippen LogP contribution in [0.1, 0.15) is 29.0 Å². The summed E-state index contributed by atoms with van der Waals surface area (Å²) >= 11 is 0. The van der Waals surface area contributed by atoms with Crippen LogP contribution in [0.4, 0.5) is 0 Å². The first-order valence-corrected chi connectivity index (χ1v) is 5.98. The average molecular weight is 258 g/mol. The molecule has 5 nitrogen and oxygen atoms in total. The van der Waals surface area contributed by atoms with Crippen LogP contribution in [-0.4, -0.2) is 16.7 Å². The van der Waals surface area contributed by atoms with E-state index in [2.05, 4.69) is 10.3 Å². The Morgan fingerprint density at radius 3 is 2.63 bits per heavy atom. The van der Waals surface area contributed by atoms with E-state index in [4.69, 9.17) is 4.42 Å². The molecule has 0 radical (unpaired) electrons. The summed E-state index contributed by atoms with van der Waals surface area (Å²) < 4.78 is 4.97. The highest BCUT2D eigenvalue weighted by molar-refractivity contribution is 5.95. The highest BCUT2D eigenvalue weighted by Gasteiger charge is 2.11. The zero-order valence-corrected chi connectivity index (χ0v) is 10.3. The molecule has 0 aliphatic heterocycles. The van der Waals surface area contributed by atoms with Gasteiger partial charge in [-0.3, -0.25) is 14.6 Å². The summed E-state index contributed by atoms with van der Waals surface area (Å²) in [6.07, 6.45) is 5.08. The molecule has 0 saturated heterocycles. The number of hydrogen-bond acceptors (Lipinski definition) is 4. The molecule has 2 rings (SSSR count). The third-order valence-corrected chi connectivity index (χ3v) is 2.61. The first-order chi connectivity index (χ1) is 9.25. The Balaban J connectivity index is 1.72. The number of hydrogen-bond donors (Lipinski definition) is 1. The molecule has 0 aliphatic rings. The van der Waals surface area contributed by atoms with Gasteiger partial charge in [0.2, 0.25) is 5.91 Å². The van der Waals surface area contributed by atoms with Crippen molar-refractivity contribution in [3.63, 3.8) is 0 Å². The van der Waals surface area contributed by atoms with Gasteiger partial charge in [-0.15, -0.1) is 0 Å². The zero-order chi connectivity index (χ0) is 13.5. The Kier molecular flexibility index (Phi) is 4.44. The summed E-state index contributed by atoms with van der Waals surface area (Å²) in [5.41, 5.74) is 0.973. The number of furan rings is 1. The van der Waals surface area contributed by atoms with Crippen molar-refractivity contribution in [3.05, 3.63) is 54.2 Å². The van der Waals surface area contributed by atoms with Gasteiger partial charge in [0.15, 0.2) is 11.5 Å².